The molecule has 0 bridgehead atoms. The van der Waals surface area contributed by atoms with Crippen molar-refractivity contribution < 1.29 is 0 Å². The number of hydrogen-bond acceptors (Lipinski definition) is 5. The van der Waals surface area contributed by atoms with Crippen LogP contribution in [-0.2, 0) is 0 Å². The first-order valence-electron chi connectivity index (χ1n) is 15.3. The lowest BCUT2D eigenvalue weighted by Gasteiger charge is -2.15. The van der Waals surface area contributed by atoms with E-state index < -0.39 is 0 Å². The monoisotopic (exact) mass is 587 g/mol. The van der Waals surface area contributed by atoms with Gasteiger partial charge in [-0.25, -0.2) is 19.9 Å². The van der Waals surface area contributed by atoms with E-state index in [1.165, 1.54) is 0 Å². The van der Waals surface area contributed by atoms with Crippen molar-refractivity contribution in [2.24, 2.45) is 0 Å². The van der Waals surface area contributed by atoms with Gasteiger partial charge in [0, 0.05) is 33.7 Å². The molecular formula is C41H25N5. The van der Waals surface area contributed by atoms with Crippen LogP contribution in [0.15, 0.2) is 152 Å². The first-order valence-corrected chi connectivity index (χ1v) is 15.3. The van der Waals surface area contributed by atoms with Crippen LogP contribution in [0.1, 0.15) is 0 Å². The Labute approximate surface area is 264 Å². The van der Waals surface area contributed by atoms with E-state index in [0.29, 0.717) is 0 Å². The first-order chi connectivity index (χ1) is 22.8. The van der Waals surface area contributed by atoms with Crippen LogP contribution < -0.4 is 0 Å². The Morgan fingerprint density at radius 3 is 1.65 bits per heavy atom. The van der Waals surface area contributed by atoms with Crippen LogP contribution in [0, 0.1) is 0 Å². The Morgan fingerprint density at radius 1 is 0.326 bits per heavy atom. The fourth-order valence-corrected chi connectivity index (χ4v) is 6.30. The smallest absolute Gasteiger partial charge is 0.0980 e. The number of benzene rings is 5. The molecular weight excluding hydrogens is 562 g/mol. The van der Waals surface area contributed by atoms with Crippen molar-refractivity contribution in [2.75, 3.05) is 0 Å². The summed E-state index contributed by atoms with van der Waals surface area (Å²) in [5, 5.41) is 4.36. The third kappa shape index (κ3) is 4.37. The third-order valence-corrected chi connectivity index (χ3v) is 8.52. The van der Waals surface area contributed by atoms with Crippen LogP contribution >= 0.6 is 0 Å². The summed E-state index contributed by atoms with van der Waals surface area (Å²) >= 11 is 0. The first kappa shape index (κ1) is 26.1. The van der Waals surface area contributed by atoms with E-state index in [4.69, 9.17) is 19.9 Å². The van der Waals surface area contributed by atoms with Crippen LogP contribution in [-0.4, -0.2) is 24.9 Å². The Kier molecular flexibility index (Phi) is 6.06. The molecule has 0 atom stereocenters. The number of fused-ring (bicyclic) bond motifs is 5. The number of pyridine rings is 3. The number of para-hydroxylation sites is 2. The normalized spacial score (nSPS) is 11.5. The van der Waals surface area contributed by atoms with Gasteiger partial charge in [0.25, 0.3) is 0 Å². The molecule has 46 heavy (non-hydrogen) atoms. The SMILES string of the molecule is c1ccc(-c2ccc3ccc4ccc(-c5ccccc5-c5nc6ccccc6nc5-c5cccc6ccccc56)nc4c3n2)nc1. The molecule has 0 amide bonds. The van der Waals surface area contributed by atoms with E-state index in [0.717, 1.165) is 88.8 Å². The maximum Gasteiger partial charge on any atom is 0.0980 e. The van der Waals surface area contributed by atoms with E-state index in [9.17, 15) is 0 Å². The summed E-state index contributed by atoms with van der Waals surface area (Å²) in [7, 11) is 0. The Morgan fingerprint density at radius 2 is 0.891 bits per heavy atom. The molecule has 0 fully saturated rings. The molecule has 214 valence electrons. The maximum atomic E-state index is 5.28. The van der Waals surface area contributed by atoms with Crippen LogP contribution in [0.25, 0.3) is 88.8 Å². The van der Waals surface area contributed by atoms with E-state index in [1.54, 1.807) is 6.20 Å². The van der Waals surface area contributed by atoms with E-state index in [2.05, 4.69) is 102 Å². The zero-order valence-corrected chi connectivity index (χ0v) is 24.7. The average Bonchev–Trinajstić information content (AvgIpc) is 3.14. The summed E-state index contributed by atoms with van der Waals surface area (Å²) in [6.07, 6.45) is 1.79. The van der Waals surface area contributed by atoms with Gasteiger partial charge >= 0.3 is 0 Å². The summed E-state index contributed by atoms with van der Waals surface area (Å²) in [6, 6.07) is 49.6. The number of hydrogen-bond donors (Lipinski definition) is 0. The van der Waals surface area contributed by atoms with Gasteiger partial charge < -0.3 is 0 Å². The topological polar surface area (TPSA) is 64.5 Å². The van der Waals surface area contributed by atoms with Gasteiger partial charge in [0.05, 0.1) is 50.5 Å². The molecule has 5 heteroatoms. The molecule has 9 rings (SSSR count). The molecule has 0 N–H and O–H groups in total. The van der Waals surface area contributed by atoms with Gasteiger partial charge in [-0.2, -0.15) is 0 Å². The summed E-state index contributed by atoms with van der Waals surface area (Å²) in [5.74, 6) is 0. The summed E-state index contributed by atoms with van der Waals surface area (Å²) < 4.78 is 0. The van der Waals surface area contributed by atoms with Gasteiger partial charge in [-0.05, 0) is 47.2 Å². The van der Waals surface area contributed by atoms with Gasteiger partial charge in [0.15, 0.2) is 0 Å². The van der Waals surface area contributed by atoms with Gasteiger partial charge in [0.2, 0.25) is 0 Å². The number of rotatable bonds is 4. The van der Waals surface area contributed by atoms with Crippen molar-refractivity contribution in [1.29, 1.82) is 0 Å². The summed E-state index contributed by atoms with van der Waals surface area (Å²) in [4.78, 5) is 25.4. The molecule has 0 radical (unpaired) electrons. The fraction of sp³-hybridized carbons (Fsp3) is 0. The molecule has 0 aliphatic rings. The second-order valence-corrected chi connectivity index (χ2v) is 11.3. The Balaban J connectivity index is 1.28. The zero-order chi connectivity index (χ0) is 30.5. The molecule has 4 aromatic heterocycles. The predicted molar refractivity (Wildman–Crippen MR) is 187 cm³/mol. The fourth-order valence-electron chi connectivity index (χ4n) is 6.30. The van der Waals surface area contributed by atoms with E-state index in [-0.39, 0.29) is 0 Å². The van der Waals surface area contributed by atoms with Crippen molar-refractivity contribution in [3.05, 3.63) is 152 Å². The van der Waals surface area contributed by atoms with Crippen LogP contribution in [0.4, 0.5) is 0 Å². The molecule has 0 saturated carbocycles. The van der Waals surface area contributed by atoms with Crippen molar-refractivity contribution in [1.82, 2.24) is 24.9 Å². The standard InChI is InChI=1S/C41H25N5/c1-2-12-29-26(10-1)11-9-15-31(29)40-41(46-36-18-6-5-17-35(36)45-40)32-14-4-3-13-30(32)33-23-21-27-19-20-28-22-24-37(34-16-7-8-25-42-34)44-39(28)38(27)43-33/h1-25H. The highest BCUT2D eigenvalue weighted by molar-refractivity contribution is 6.05. The third-order valence-electron chi connectivity index (χ3n) is 8.52. The molecule has 0 saturated heterocycles. The minimum Gasteiger partial charge on any atom is -0.255 e. The molecule has 5 nitrogen and oxygen atoms in total. The largest absolute Gasteiger partial charge is 0.255 e. The van der Waals surface area contributed by atoms with Crippen LogP contribution in [0.5, 0.6) is 0 Å². The molecule has 0 aliphatic carbocycles. The Hall–Kier alpha value is -6.33. The van der Waals surface area contributed by atoms with Crippen LogP contribution in [0.2, 0.25) is 0 Å². The minimum atomic E-state index is 0.819. The molecule has 9 aromatic rings. The van der Waals surface area contributed by atoms with Crippen molar-refractivity contribution >= 4 is 43.6 Å². The molecule has 5 aromatic carbocycles. The van der Waals surface area contributed by atoms with E-state index >= 15 is 0 Å². The lowest BCUT2D eigenvalue weighted by molar-refractivity contribution is 1.27. The molecule has 4 heterocycles. The molecule has 0 aliphatic heterocycles. The van der Waals surface area contributed by atoms with E-state index in [1.807, 2.05) is 48.5 Å². The van der Waals surface area contributed by atoms with Gasteiger partial charge in [-0.3, -0.25) is 4.98 Å². The quantitative estimate of drug-likeness (QED) is 0.192. The maximum absolute atomic E-state index is 5.28. The number of aromatic nitrogens is 5. The Bertz CT molecular complexity index is 2590. The number of nitrogens with zero attached hydrogens (tertiary/aromatic N) is 5. The highest BCUT2D eigenvalue weighted by atomic mass is 14.8. The lowest BCUT2D eigenvalue weighted by atomic mass is 9.94. The molecule has 0 unspecified atom stereocenters. The lowest BCUT2D eigenvalue weighted by Crippen LogP contribution is -1.98. The zero-order valence-electron chi connectivity index (χ0n) is 24.7. The summed E-state index contributed by atoms with van der Waals surface area (Å²) in [5.41, 5.74) is 10.6. The summed E-state index contributed by atoms with van der Waals surface area (Å²) in [6.45, 7) is 0. The highest BCUT2D eigenvalue weighted by Gasteiger charge is 2.19. The van der Waals surface area contributed by atoms with Crippen LogP contribution in [0.3, 0.4) is 0 Å². The second-order valence-electron chi connectivity index (χ2n) is 11.3. The van der Waals surface area contributed by atoms with Gasteiger partial charge in [-0.1, -0.05) is 109 Å². The van der Waals surface area contributed by atoms with Crippen molar-refractivity contribution in [3.63, 3.8) is 0 Å². The second kappa shape index (κ2) is 10.7. The molecule has 0 spiro atoms. The predicted octanol–water partition coefficient (Wildman–Crippen LogP) is 9.94. The van der Waals surface area contributed by atoms with Gasteiger partial charge in [0.1, 0.15) is 0 Å². The minimum absolute atomic E-state index is 0.819. The van der Waals surface area contributed by atoms with Gasteiger partial charge in [-0.15, -0.1) is 0 Å². The highest BCUT2D eigenvalue weighted by Crippen LogP contribution is 2.39. The average molecular weight is 588 g/mol. The van der Waals surface area contributed by atoms with Crippen molar-refractivity contribution in [2.45, 2.75) is 0 Å². The van der Waals surface area contributed by atoms with Crippen molar-refractivity contribution in [3.8, 4) is 45.2 Å².